The van der Waals surface area contributed by atoms with Crippen LogP contribution in [-0.4, -0.2) is 10.5 Å². The number of aromatic nitrogens is 1. The molecule has 1 aromatic carbocycles. The van der Waals surface area contributed by atoms with Gasteiger partial charge in [0.15, 0.2) is 0 Å². The molecule has 2 rings (SSSR count). The number of hydrogen-bond donors (Lipinski definition) is 1. The van der Waals surface area contributed by atoms with E-state index >= 15 is 0 Å². The lowest BCUT2D eigenvalue weighted by molar-refractivity contribution is -0.114. The molecule has 0 unspecified atom stereocenters. The molecule has 1 aromatic heterocycles. The maximum atomic E-state index is 11.9. The third kappa shape index (κ3) is 2.60. The molecule has 5 heteroatoms. The lowest BCUT2D eigenvalue weighted by Gasteiger charge is -2.08. The number of nitrogens with one attached hydrogen (secondary N) is 1. The third-order valence-electron chi connectivity index (χ3n) is 2.35. The van der Waals surface area contributed by atoms with Gasteiger partial charge in [0.25, 0.3) is 5.56 Å². The molecule has 0 aliphatic carbocycles. The number of carbonyl (C=O) groups is 1. The number of hydrogen-bond acceptors (Lipinski definition) is 2. The molecule has 1 heterocycles. The molecule has 0 aliphatic rings. The van der Waals surface area contributed by atoms with Gasteiger partial charge in [-0.1, -0.05) is 23.7 Å². The Bertz CT molecular complexity index is 649. The van der Waals surface area contributed by atoms with Crippen molar-refractivity contribution in [3.8, 4) is 5.69 Å². The van der Waals surface area contributed by atoms with Crippen LogP contribution in [0.4, 0.5) is 5.69 Å². The average Bonchev–Trinajstić information content (AvgIpc) is 2.30. The Labute approximate surface area is 109 Å². The van der Waals surface area contributed by atoms with Crippen LogP contribution < -0.4 is 10.9 Å². The van der Waals surface area contributed by atoms with Crippen molar-refractivity contribution in [2.24, 2.45) is 0 Å². The maximum Gasteiger partial charge on any atom is 0.257 e. The highest BCUT2D eigenvalue weighted by Crippen LogP contribution is 2.18. The minimum atomic E-state index is -0.255. The summed E-state index contributed by atoms with van der Waals surface area (Å²) in [6, 6.07) is 10.1. The molecule has 92 valence electrons. The molecule has 0 saturated carbocycles. The zero-order valence-corrected chi connectivity index (χ0v) is 10.4. The summed E-state index contributed by atoms with van der Waals surface area (Å²) in [5.41, 5.74) is 0.823. The predicted octanol–water partition coefficient (Wildman–Crippen LogP) is 2.45. The number of carbonyl (C=O) groups excluding carboxylic acids is 1. The van der Waals surface area contributed by atoms with Gasteiger partial charge in [-0.25, -0.2) is 0 Å². The molecule has 0 saturated heterocycles. The first-order valence-corrected chi connectivity index (χ1v) is 5.71. The Morgan fingerprint density at radius 2 is 2.00 bits per heavy atom. The fourth-order valence-electron chi connectivity index (χ4n) is 1.61. The Kier molecular flexibility index (Phi) is 3.48. The summed E-state index contributed by atoms with van der Waals surface area (Å²) in [7, 11) is 0. The van der Waals surface area contributed by atoms with E-state index in [-0.39, 0.29) is 11.5 Å². The summed E-state index contributed by atoms with van der Waals surface area (Å²) in [5.74, 6) is -0.218. The topological polar surface area (TPSA) is 51.1 Å². The van der Waals surface area contributed by atoms with E-state index in [1.165, 1.54) is 17.6 Å². The van der Waals surface area contributed by atoms with Crippen LogP contribution >= 0.6 is 11.6 Å². The molecule has 1 N–H and O–H groups in total. The van der Waals surface area contributed by atoms with Gasteiger partial charge in [-0.15, -0.1) is 0 Å². The summed E-state index contributed by atoms with van der Waals surface area (Å²) in [6.45, 7) is 1.39. The fraction of sp³-hybridized carbons (Fsp3) is 0.0769. The Hall–Kier alpha value is -2.07. The number of halogens is 1. The van der Waals surface area contributed by atoms with Crippen molar-refractivity contribution < 1.29 is 4.79 Å². The highest BCUT2D eigenvalue weighted by Gasteiger charge is 2.05. The van der Waals surface area contributed by atoms with Crippen molar-refractivity contribution in [1.82, 2.24) is 4.57 Å². The average molecular weight is 263 g/mol. The van der Waals surface area contributed by atoms with Crippen LogP contribution in [0.25, 0.3) is 5.69 Å². The predicted molar refractivity (Wildman–Crippen MR) is 71.4 cm³/mol. The van der Waals surface area contributed by atoms with Gasteiger partial charge in [0.05, 0.1) is 10.7 Å². The summed E-state index contributed by atoms with van der Waals surface area (Å²) >= 11 is 6.03. The maximum absolute atomic E-state index is 11.9. The molecule has 1 amide bonds. The molecule has 18 heavy (non-hydrogen) atoms. The molecule has 0 spiro atoms. The van der Waals surface area contributed by atoms with Crippen molar-refractivity contribution in [2.75, 3.05) is 5.32 Å². The van der Waals surface area contributed by atoms with Crippen LogP contribution in [0.15, 0.2) is 47.4 Å². The number of rotatable bonds is 2. The van der Waals surface area contributed by atoms with Crippen molar-refractivity contribution in [3.05, 3.63) is 58.0 Å². The minimum absolute atomic E-state index is 0.218. The third-order valence-corrected chi connectivity index (χ3v) is 2.67. The van der Waals surface area contributed by atoms with Gasteiger partial charge < -0.3 is 5.32 Å². The standard InChI is InChI=1S/C13H11ClN2O2/c1-9(17)15-10-6-7-16(13(18)8-10)12-5-3-2-4-11(12)14/h2-8H,1H3,(H,15,17). The lowest BCUT2D eigenvalue weighted by Crippen LogP contribution is -2.18. The molecule has 0 radical (unpaired) electrons. The van der Waals surface area contributed by atoms with Crippen LogP contribution in [0, 0.1) is 0 Å². The number of para-hydroxylation sites is 1. The minimum Gasteiger partial charge on any atom is -0.326 e. The van der Waals surface area contributed by atoms with Crippen LogP contribution in [0.2, 0.25) is 5.02 Å². The summed E-state index contributed by atoms with van der Waals surface area (Å²) < 4.78 is 1.42. The fourth-order valence-corrected chi connectivity index (χ4v) is 1.83. The summed E-state index contributed by atoms with van der Waals surface area (Å²) in [5, 5.41) is 3.05. The number of nitrogens with zero attached hydrogens (tertiary/aromatic N) is 1. The van der Waals surface area contributed by atoms with Crippen molar-refractivity contribution >= 4 is 23.2 Å². The zero-order valence-electron chi connectivity index (χ0n) is 9.68. The van der Waals surface area contributed by atoms with E-state index in [9.17, 15) is 9.59 Å². The van der Waals surface area contributed by atoms with Gasteiger partial charge in [-0.2, -0.15) is 0 Å². The van der Waals surface area contributed by atoms with E-state index in [1.807, 2.05) is 0 Å². The van der Waals surface area contributed by atoms with Crippen molar-refractivity contribution in [2.45, 2.75) is 6.92 Å². The Morgan fingerprint density at radius 3 is 2.61 bits per heavy atom. The zero-order chi connectivity index (χ0) is 13.1. The molecular weight excluding hydrogens is 252 g/mol. The van der Waals surface area contributed by atoms with E-state index in [0.29, 0.717) is 16.4 Å². The number of amides is 1. The van der Waals surface area contributed by atoms with Gasteiger partial charge in [0.2, 0.25) is 5.91 Å². The molecular formula is C13H11ClN2O2. The van der Waals surface area contributed by atoms with E-state index in [2.05, 4.69) is 5.32 Å². The number of pyridine rings is 1. The van der Waals surface area contributed by atoms with Gasteiger partial charge >= 0.3 is 0 Å². The van der Waals surface area contributed by atoms with Crippen LogP contribution in [0.3, 0.4) is 0 Å². The summed E-state index contributed by atoms with van der Waals surface area (Å²) in [6.07, 6.45) is 1.58. The van der Waals surface area contributed by atoms with E-state index in [4.69, 9.17) is 11.6 Å². The lowest BCUT2D eigenvalue weighted by atomic mass is 10.3. The monoisotopic (exact) mass is 262 g/mol. The highest BCUT2D eigenvalue weighted by atomic mass is 35.5. The smallest absolute Gasteiger partial charge is 0.257 e. The first-order chi connectivity index (χ1) is 8.58. The van der Waals surface area contributed by atoms with Crippen molar-refractivity contribution in [1.29, 1.82) is 0 Å². The second kappa shape index (κ2) is 5.06. The molecule has 0 fully saturated rings. The Balaban J connectivity index is 2.46. The van der Waals surface area contributed by atoms with Crippen LogP contribution in [0.1, 0.15) is 6.92 Å². The van der Waals surface area contributed by atoms with E-state index in [0.717, 1.165) is 0 Å². The van der Waals surface area contributed by atoms with Gasteiger partial charge in [-0.05, 0) is 18.2 Å². The van der Waals surface area contributed by atoms with Gasteiger partial charge in [-0.3, -0.25) is 14.2 Å². The first-order valence-electron chi connectivity index (χ1n) is 5.33. The van der Waals surface area contributed by atoms with E-state index < -0.39 is 0 Å². The molecule has 0 aliphatic heterocycles. The second-order valence-corrected chi connectivity index (χ2v) is 4.16. The first kappa shape index (κ1) is 12.4. The number of benzene rings is 1. The quantitative estimate of drug-likeness (QED) is 0.904. The molecule has 0 atom stereocenters. The molecule has 4 nitrogen and oxygen atoms in total. The normalized spacial score (nSPS) is 10.1. The summed E-state index contributed by atoms with van der Waals surface area (Å²) in [4.78, 5) is 22.8. The van der Waals surface area contributed by atoms with Crippen molar-refractivity contribution in [3.63, 3.8) is 0 Å². The number of anilines is 1. The van der Waals surface area contributed by atoms with Gasteiger partial charge in [0.1, 0.15) is 0 Å². The van der Waals surface area contributed by atoms with Crippen LogP contribution in [0.5, 0.6) is 0 Å². The highest BCUT2D eigenvalue weighted by molar-refractivity contribution is 6.32. The molecule has 0 bridgehead atoms. The largest absolute Gasteiger partial charge is 0.326 e. The van der Waals surface area contributed by atoms with Gasteiger partial charge in [0, 0.05) is 24.9 Å². The Morgan fingerprint density at radius 1 is 1.28 bits per heavy atom. The van der Waals surface area contributed by atoms with E-state index in [1.54, 1.807) is 36.5 Å². The van der Waals surface area contributed by atoms with Crippen LogP contribution in [-0.2, 0) is 4.79 Å². The second-order valence-electron chi connectivity index (χ2n) is 3.76. The molecule has 2 aromatic rings. The SMILES string of the molecule is CC(=O)Nc1ccn(-c2ccccc2Cl)c(=O)c1.